The molecule has 0 aliphatic heterocycles. The van der Waals surface area contributed by atoms with Crippen LogP contribution in [0.2, 0.25) is 0 Å². The number of benzene rings is 2. The molecule has 0 unspecified atom stereocenters. The van der Waals surface area contributed by atoms with E-state index in [0.29, 0.717) is 17.5 Å². The first-order valence-electron chi connectivity index (χ1n) is 7.80. The third-order valence-corrected chi connectivity index (χ3v) is 3.69. The molecule has 0 bridgehead atoms. The van der Waals surface area contributed by atoms with Crippen LogP contribution in [-0.2, 0) is 6.42 Å². The second-order valence-corrected chi connectivity index (χ2v) is 5.58. The Morgan fingerprint density at radius 1 is 1.09 bits per heavy atom. The quantitative estimate of drug-likeness (QED) is 0.648. The molecule has 118 valence electrons. The summed E-state index contributed by atoms with van der Waals surface area (Å²) in [6, 6.07) is 15.8. The molecular formula is C19H19NO3. The molecule has 3 aromatic rings. The predicted molar refractivity (Wildman–Crippen MR) is 89.9 cm³/mol. The monoisotopic (exact) mass is 309 g/mol. The van der Waals surface area contributed by atoms with Crippen LogP contribution in [-0.4, -0.2) is 11.6 Å². The second kappa shape index (κ2) is 7.09. The summed E-state index contributed by atoms with van der Waals surface area (Å²) in [5.74, 6) is 0. The fourth-order valence-electron chi connectivity index (χ4n) is 2.46. The van der Waals surface area contributed by atoms with E-state index in [1.54, 1.807) is 6.07 Å². The Hall–Kier alpha value is -2.62. The first-order valence-corrected chi connectivity index (χ1v) is 7.80. The van der Waals surface area contributed by atoms with Crippen molar-refractivity contribution in [3.05, 3.63) is 70.1 Å². The molecule has 23 heavy (non-hydrogen) atoms. The van der Waals surface area contributed by atoms with Crippen LogP contribution in [0.25, 0.3) is 10.9 Å². The van der Waals surface area contributed by atoms with E-state index in [2.05, 4.69) is 17.1 Å². The predicted octanol–water partition coefficient (Wildman–Crippen LogP) is 3.90. The zero-order chi connectivity index (χ0) is 16.1. The fraction of sp³-hybridized carbons (Fsp3) is 0.263. The van der Waals surface area contributed by atoms with Gasteiger partial charge in [-0.05, 0) is 43.9 Å². The fourth-order valence-corrected chi connectivity index (χ4v) is 2.46. The van der Waals surface area contributed by atoms with Crippen molar-refractivity contribution in [1.82, 2.24) is 4.98 Å². The highest BCUT2D eigenvalue weighted by atomic mass is 16.6. The molecule has 0 spiro atoms. The van der Waals surface area contributed by atoms with Gasteiger partial charge in [0.05, 0.1) is 17.5 Å². The Balaban J connectivity index is 1.55. The Morgan fingerprint density at radius 3 is 2.74 bits per heavy atom. The highest BCUT2D eigenvalue weighted by molar-refractivity contribution is 5.77. The second-order valence-electron chi connectivity index (χ2n) is 5.58. The first kappa shape index (κ1) is 15.3. The highest BCUT2D eigenvalue weighted by Crippen LogP contribution is 2.14. The summed E-state index contributed by atoms with van der Waals surface area (Å²) in [5, 5.41) is 0.487. The molecule has 4 heteroatoms. The van der Waals surface area contributed by atoms with E-state index in [9.17, 15) is 4.79 Å². The van der Waals surface area contributed by atoms with Crippen LogP contribution in [0.5, 0.6) is 6.08 Å². The van der Waals surface area contributed by atoms with Crippen LogP contribution < -0.4 is 10.4 Å². The topological polar surface area (TPSA) is 52.3 Å². The molecule has 0 atom stereocenters. The van der Waals surface area contributed by atoms with Gasteiger partial charge in [0.1, 0.15) is 0 Å². The largest absolute Gasteiger partial charge is 0.450 e. The average molecular weight is 309 g/mol. The third kappa shape index (κ3) is 3.97. The lowest BCUT2D eigenvalue weighted by atomic mass is 10.1. The maximum absolute atomic E-state index is 11.9. The van der Waals surface area contributed by atoms with Gasteiger partial charge >= 0.3 is 11.7 Å². The van der Waals surface area contributed by atoms with Crippen molar-refractivity contribution in [2.45, 2.75) is 26.2 Å². The molecule has 1 aromatic heterocycles. The number of nitrogens with zero attached hydrogens (tertiary/aromatic N) is 1. The standard InChI is InChI=1S/C19H19NO3/c1-14-10-11-17-16(13-14)18(21)23-19(20-17)22-12-6-5-9-15-7-3-2-4-8-15/h2-4,7-8,10-11,13H,5-6,9,12H2,1H3. The van der Waals surface area contributed by atoms with Crippen molar-refractivity contribution >= 4 is 10.9 Å². The van der Waals surface area contributed by atoms with Gasteiger partial charge in [-0.3, -0.25) is 0 Å². The molecule has 0 N–H and O–H groups in total. The number of ether oxygens (including phenoxy) is 1. The van der Waals surface area contributed by atoms with Crippen molar-refractivity contribution in [3.8, 4) is 6.08 Å². The van der Waals surface area contributed by atoms with E-state index >= 15 is 0 Å². The summed E-state index contributed by atoms with van der Waals surface area (Å²) >= 11 is 0. The number of unbranched alkanes of at least 4 members (excludes halogenated alkanes) is 1. The van der Waals surface area contributed by atoms with Crippen molar-refractivity contribution < 1.29 is 9.15 Å². The van der Waals surface area contributed by atoms with Gasteiger partial charge in [0, 0.05) is 0 Å². The molecule has 2 aromatic carbocycles. The smallest absolute Gasteiger partial charge is 0.397 e. The number of aromatic nitrogens is 1. The number of hydrogen-bond acceptors (Lipinski definition) is 4. The van der Waals surface area contributed by atoms with E-state index < -0.39 is 5.63 Å². The Morgan fingerprint density at radius 2 is 1.91 bits per heavy atom. The lowest BCUT2D eigenvalue weighted by molar-refractivity contribution is 0.212. The molecule has 0 saturated heterocycles. The average Bonchev–Trinajstić information content (AvgIpc) is 2.56. The minimum atomic E-state index is -0.405. The molecule has 0 radical (unpaired) electrons. The van der Waals surface area contributed by atoms with Crippen molar-refractivity contribution in [2.24, 2.45) is 0 Å². The molecule has 3 rings (SSSR count). The molecule has 4 nitrogen and oxygen atoms in total. The van der Waals surface area contributed by atoms with Crippen molar-refractivity contribution in [1.29, 1.82) is 0 Å². The molecule has 0 saturated carbocycles. The summed E-state index contributed by atoms with van der Waals surface area (Å²) < 4.78 is 10.6. The summed E-state index contributed by atoms with van der Waals surface area (Å²) in [4.78, 5) is 16.2. The van der Waals surface area contributed by atoms with Gasteiger partial charge in [-0.25, -0.2) is 4.79 Å². The van der Waals surface area contributed by atoms with Crippen LogP contribution in [0.15, 0.2) is 57.7 Å². The number of fused-ring (bicyclic) bond motifs is 1. The molecule has 0 amide bonds. The van der Waals surface area contributed by atoms with Gasteiger partial charge in [-0.2, -0.15) is 4.98 Å². The first-order chi connectivity index (χ1) is 11.2. The normalized spacial score (nSPS) is 10.8. The number of rotatable bonds is 6. The van der Waals surface area contributed by atoms with E-state index in [0.717, 1.165) is 24.8 Å². The van der Waals surface area contributed by atoms with Gasteiger partial charge in [0.2, 0.25) is 0 Å². The SMILES string of the molecule is Cc1ccc2nc(OCCCCc3ccccc3)oc(=O)c2c1. The Bertz CT molecular complexity index is 840. The Labute approximate surface area is 134 Å². The Kier molecular flexibility index (Phi) is 4.71. The summed E-state index contributed by atoms with van der Waals surface area (Å²) in [6.45, 7) is 2.41. The van der Waals surface area contributed by atoms with E-state index in [4.69, 9.17) is 9.15 Å². The van der Waals surface area contributed by atoms with Gasteiger partial charge in [-0.15, -0.1) is 0 Å². The third-order valence-electron chi connectivity index (χ3n) is 3.69. The van der Waals surface area contributed by atoms with Crippen LogP contribution in [0.1, 0.15) is 24.0 Å². The minimum absolute atomic E-state index is 0.0473. The van der Waals surface area contributed by atoms with Crippen LogP contribution in [0, 0.1) is 6.92 Å². The zero-order valence-corrected chi connectivity index (χ0v) is 13.1. The van der Waals surface area contributed by atoms with Gasteiger partial charge in [0.25, 0.3) is 0 Å². The zero-order valence-electron chi connectivity index (χ0n) is 13.1. The van der Waals surface area contributed by atoms with Crippen molar-refractivity contribution in [3.63, 3.8) is 0 Å². The van der Waals surface area contributed by atoms with E-state index in [-0.39, 0.29) is 6.08 Å². The lowest BCUT2D eigenvalue weighted by Gasteiger charge is -2.05. The van der Waals surface area contributed by atoms with Crippen LogP contribution in [0.3, 0.4) is 0 Å². The highest BCUT2D eigenvalue weighted by Gasteiger charge is 2.07. The number of aryl methyl sites for hydroxylation is 2. The minimum Gasteiger partial charge on any atom is -0.450 e. The van der Waals surface area contributed by atoms with Gasteiger partial charge in [0.15, 0.2) is 0 Å². The van der Waals surface area contributed by atoms with E-state index in [1.165, 1.54) is 5.56 Å². The molecule has 0 aliphatic rings. The number of hydrogen-bond donors (Lipinski definition) is 0. The van der Waals surface area contributed by atoms with Gasteiger partial charge < -0.3 is 9.15 Å². The van der Waals surface area contributed by atoms with Gasteiger partial charge in [-0.1, -0.05) is 42.0 Å². The molecular weight excluding hydrogens is 290 g/mol. The molecule has 0 aliphatic carbocycles. The van der Waals surface area contributed by atoms with Crippen LogP contribution >= 0.6 is 0 Å². The lowest BCUT2D eigenvalue weighted by Crippen LogP contribution is -2.06. The van der Waals surface area contributed by atoms with Crippen molar-refractivity contribution in [2.75, 3.05) is 6.61 Å². The maximum atomic E-state index is 11.9. The van der Waals surface area contributed by atoms with E-state index in [1.807, 2.05) is 37.3 Å². The summed E-state index contributed by atoms with van der Waals surface area (Å²) in [6.07, 6.45) is 2.96. The maximum Gasteiger partial charge on any atom is 0.397 e. The summed E-state index contributed by atoms with van der Waals surface area (Å²) in [7, 11) is 0. The van der Waals surface area contributed by atoms with Crippen LogP contribution in [0.4, 0.5) is 0 Å². The molecule has 1 heterocycles. The summed E-state index contributed by atoms with van der Waals surface area (Å²) in [5.41, 5.74) is 2.52. The molecule has 0 fully saturated rings.